The van der Waals surface area contributed by atoms with Crippen molar-refractivity contribution in [1.29, 1.82) is 0 Å². The molecule has 1 aromatic rings. The molecule has 0 heterocycles. The first-order chi connectivity index (χ1) is 8.09. The zero-order chi connectivity index (χ0) is 12.4. The third-order valence-corrected chi connectivity index (χ3v) is 4.69. The second-order valence-electron chi connectivity index (χ2n) is 4.72. The molecule has 1 aromatic carbocycles. The molecule has 0 aromatic heterocycles. The molecule has 0 saturated heterocycles. The number of nitrogens with zero attached hydrogens (tertiary/aromatic N) is 1. The highest BCUT2D eigenvalue weighted by Gasteiger charge is 2.20. The monoisotopic (exact) mass is 360 g/mol. The molecule has 0 bridgehead atoms. The molecule has 17 heavy (non-hydrogen) atoms. The fourth-order valence-electron chi connectivity index (χ4n) is 2.53. The largest absolute Gasteiger partial charge is 0.396 e. The van der Waals surface area contributed by atoms with Crippen molar-refractivity contribution in [2.45, 2.75) is 38.1 Å². The number of hydrogen-bond acceptors (Lipinski definition) is 2. The van der Waals surface area contributed by atoms with Gasteiger partial charge in [0.05, 0.1) is 11.4 Å². The van der Waals surface area contributed by atoms with Crippen LogP contribution in [0.15, 0.2) is 21.1 Å². The molecule has 0 unspecified atom stereocenters. The molecule has 1 saturated carbocycles. The molecule has 1 fully saturated rings. The van der Waals surface area contributed by atoms with Crippen LogP contribution in [0.3, 0.4) is 0 Å². The lowest BCUT2D eigenvalue weighted by Crippen LogP contribution is -2.33. The van der Waals surface area contributed by atoms with E-state index in [0.29, 0.717) is 6.04 Å². The number of halogens is 2. The lowest BCUT2D eigenvalue weighted by molar-refractivity contribution is 0.428. The summed E-state index contributed by atoms with van der Waals surface area (Å²) in [6, 6.07) is 4.73. The van der Waals surface area contributed by atoms with Gasteiger partial charge in [-0.2, -0.15) is 0 Å². The predicted octanol–water partition coefficient (Wildman–Crippen LogP) is 4.56. The molecule has 94 valence electrons. The van der Waals surface area contributed by atoms with E-state index in [2.05, 4.69) is 49.9 Å². The molecule has 0 aliphatic heterocycles. The molecule has 0 spiro atoms. The summed E-state index contributed by atoms with van der Waals surface area (Å²) in [7, 11) is 2.15. The topological polar surface area (TPSA) is 29.3 Å². The van der Waals surface area contributed by atoms with Gasteiger partial charge < -0.3 is 10.6 Å². The molecule has 0 radical (unpaired) electrons. The Morgan fingerprint density at radius 1 is 1.18 bits per heavy atom. The zero-order valence-electron chi connectivity index (χ0n) is 10.0. The molecular weight excluding hydrogens is 344 g/mol. The summed E-state index contributed by atoms with van der Waals surface area (Å²) in [5.41, 5.74) is 8.11. The van der Waals surface area contributed by atoms with Crippen LogP contribution in [0.2, 0.25) is 0 Å². The number of benzene rings is 1. The minimum Gasteiger partial charge on any atom is -0.396 e. The van der Waals surface area contributed by atoms with E-state index in [4.69, 9.17) is 5.73 Å². The van der Waals surface area contributed by atoms with Crippen molar-refractivity contribution in [3.8, 4) is 0 Å². The van der Waals surface area contributed by atoms with Gasteiger partial charge in [0.15, 0.2) is 0 Å². The SMILES string of the molecule is CN(c1cc(Br)cc(Br)c1N)C1CCCCC1. The molecule has 4 heteroatoms. The highest BCUT2D eigenvalue weighted by molar-refractivity contribution is 9.11. The van der Waals surface area contributed by atoms with Gasteiger partial charge in [-0.1, -0.05) is 35.2 Å². The van der Waals surface area contributed by atoms with E-state index in [1.54, 1.807) is 0 Å². The quantitative estimate of drug-likeness (QED) is 0.782. The van der Waals surface area contributed by atoms with Gasteiger partial charge in [0.1, 0.15) is 0 Å². The third kappa shape index (κ3) is 2.97. The Hall–Kier alpha value is -0.220. The first kappa shape index (κ1) is 13.2. The van der Waals surface area contributed by atoms with Crippen molar-refractivity contribution in [1.82, 2.24) is 0 Å². The van der Waals surface area contributed by atoms with Gasteiger partial charge in [-0.15, -0.1) is 0 Å². The highest BCUT2D eigenvalue weighted by Crippen LogP contribution is 2.36. The van der Waals surface area contributed by atoms with Gasteiger partial charge in [0, 0.05) is 22.0 Å². The minimum atomic E-state index is 0.632. The summed E-state index contributed by atoms with van der Waals surface area (Å²) >= 11 is 7.03. The first-order valence-electron chi connectivity index (χ1n) is 6.07. The highest BCUT2D eigenvalue weighted by atomic mass is 79.9. The van der Waals surface area contributed by atoms with Crippen LogP contribution >= 0.6 is 31.9 Å². The van der Waals surface area contributed by atoms with E-state index < -0.39 is 0 Å². The maximum Gasteiger partial charge on any atom is 0.0697 e. The van der Waals surface area contributed by atoms with E-state index in [1.165, 1.54) is 32.1 Å². The van der Waals surface area contributed by atoms with Gasteiger partial charge in [-0.3, -0.25) is 0 Å². The Morgan fingerprint density at radius 3 is 2.47 bits per heavy atom. The Balaban J connectivity index is 2.26. The number of rotatable bonds is 2. The summed E-state index contributed by atoms with van der Waals surface area (Å²) in [5, 5.41) is 0. The molecule has 0 atom stereocenters. The van der Waals surface area contributed by atoms with Crippen molar-refractivity contribution >= 4 is 43.2 Å². The third-order valence-electron chi connectivity index (χ3n) is 3.57. The summed E-state index contributed by atoms with van der Waals surface area (Å²) < 4.78 is 2.03. The van der Waals surface area contributed by atoms with Crippen LogP contribution in [0.1, 0.15) is 32.1 Å². The molecule has 0 amide bonds. The van der Waals surface area contributed by atoms with E-state index >= 15 is 0 Å². The predicted molar refractivity (Wildman–Crippen MR) is 81.5 cm³/mol. The molecule has 1 aliphatic carbocycles. The standard InChI is InChI=1S/C13H18Br2N2/c1-17(10-5-3-2-4-6-10)12-8-9(14)7-11(15)13(12)16/h7-8,10H,2-6,16H2,1H3. The molecule has 2 N–H and O–H groups in total. The van der Waals surface area contributed by atoms with Crippen molar-refractivity contribution in [3.05, 3.63) is 21.1 Å². The second kappa shape index (κ2) is 5.61. The van der Waals surface area contributed by atoms with Gasteiger partial charge in [0.2, 0.25) is 0 Å². The van der Waals surface area contributed by atoms with Crippen LogP contribution < -0.4 is 10.6 Å². The maximum absolute atomic E-state index is 6.15. The van der Waals surface area contributed by atoms with Crippen LogP contribution in [0.25, 0.3) is 0 Å². The number of hydrogen-bond donors (Lipinski definition) is 1. The Labute approximate surface area is 120 Å². The lowest BCUT2D eigenvalue weighted by atomic mass is 9.94. The van der Waals surface area contributed by atoms with Crippen molar-refractivity contribution < 1.29 is 0 Å². The van der Waals surface area contributed by atoms with Crippen molar-refractivity contribution in [2.75, 3.05) is 17.7 Å². The fraction of sp³-hybridized carbons (Fsp3) is 0.538. The Bertz CT molecular complexity index is 401. The maximum atomic E-state index is 6.15. The van der Waals surface area contributed by atoms with Crippen LogP contribution in [0.4, 0.5) is 11.4 Å². The van der Waals surface area contributed by atoms with Crippen LogP contribution in [0, 0.1) is 0 Å². The molecular formula is C13H18Br2N2. The second-order valence-corrected chi connectivity index (χ2v) is 6.49. The number of anilines is 2. The minimum absolute atomic E-state index is 0.632. The van der Waals surface area contributed by atoms with E-state index in [9.17, 15) is 0 Å². The molecule has 2 nitrogen and oxygen atoms in total. The van der Waals surface area contributed by atoms with Crippen molar-refractivity contribution in [3.63, 3.8) is 0 Å². The van der Waals surface area contributed by atoms with Crippen LogP contribution in [-0.4, -0.2) is 13.1 Å². The van der Waals surface area contributed by atoms with Crippen molar-refractivity contribution in [2.24, 2.45) is 0 Å². The summed E-state index contributed by atoms with van der Waals surface area (Å²) in [5.74, 6) is 0. The average Bonchev–Trinajstić information content (AvgIpc) is 2.34. The average molecular weight is 362 g/mol. The lowest BCUT2D eigenvalue weighted by Gasteiger charge is -2.34. The van der Waals surface area contributed by atoms with Crippen LogP contribution in [0.5, 0.6) is 0 Å². The fourth-order valence-corrected chi connectivity index (χ4v) is 3.73. The first-order valence-corrected chi connectivity index (χ1v) is 7.65. The van der Waals surface area contributed by atoms with E-state index in [0.717, 1.165) is 20.3 Å². The smallest absolute Gasteiger partial charge is 0.0697 e. The summed E-state index contributed by atoms with van der Waals surface area (Å²) in [6.07, 6.45) is 6.61. The number of nitrogen functional groups attached to an aromatic ring is 1. The van der Waals surface area contributed by atoms with Gasteiger partial charge in [-0.05, 0) is 40.9 Å². The van der Waals surface area contributed by atoms with Gasteiger partial charge in [0.25, 0.3) is 0 Å². The Kier molecular flexibility index (Phi) is 4.36. The van der Waals surface area contributed by atoms with E-state index in [1.807, 2.05) is 6.07 Å². The Morgan fingerprint density at radius 2 is 1.82 bits per heavy atom. The molecule has 1 aliphatic rings. The van der Waals surface area contributed by atoms with Gasteiger partial charge >= 0.3 is 0 Å². The summed E-state index contributed by atoms with van der Waals surface area (Å²) in [4.78, 5) is 2.34. The van der Waals surface area contributed by atoms with Gasteiger partial charge in [-0.25, -0.2) is 0 Å². The normalized spacial score (nSPS) is 17.1. The summed E-state index contributed by atoms with van der Waals surface area (Å²) in [6.45, 7) is 0. The van der Waals surface area contributed by atoms with Crippen LogP contribution in [-0.2, 0) is 0 Å². The zero-order valence-corrected chi connectivity index (χ0v) is 13.2. The van der Waals surface area contributed by atoms with E-state index in [-0.39, 0.29) is 0 Å². The number of nitrogens with two attached hydrogens (primary N) is 1. The molecule has 2 rings (SSSR count).